The Morgan fingerprint density at radius 1 is 0.969 bits per heavy atom. The molecular formula is C28H33NO2Si. The highest BCUT2D eigenvalue weighted by atomic mass is 28.3. The Morgan fingerprint density at radius 3 is 2.31 bits per heavy atom. The SMILES string of the molecule is CCCCOC(=O)/C=C/c1ccccc1[Si@](c1ccccc1)(c1ccccn1)C(C)(C)C. The molecule has 0 aliphatic rings. The zero-order chi connectivity index (χ0) is 23.0. The van der Waals surface area contributed by atoms with Crippen LogP contribution < -0.4 is 15.7 Å². The number of rotatable bonds is 8. The molecule has 0 saturated heterocycles. The summed E-state index contributed by atoms with van der Waals surface area (Å²) in [6.07, 6.45) is 7.22. The normalized spacial score (nSPS) is 13.6. The van der Waals surface area contributed by atoms with Crippen molar-refractivity contribution in [3.8, 4) is 0 Å². The van der Waals surface area contributed by atoms with Crippen LogP contribution in [0.3, 0.4) is 0 Å². The molecule has 1 atom stereocenters. The van der Waals surface area contributed by atoms with Crippen molar-refractivity contribution in [2.45, 2.75) is 45.6 Å². The Labute approximate surface area is 193 Å². The molecule has 0 aliphatic heterocycles. The van der Waals surface area contributed by atoms with Gasteiger partial charge in [0.05, 0.1) is 6.61 Å². The molecule has 0 unspecified atom stereocenters. The number of pyridine rings is 1. The molecule has 0 N–H and O–H groups in total. The standard InChI is InChI=1S/C28H33NO2Si/c1-5-6-22-31-27(30)20-19-23-14-10-11-17-25(23)32(28(2,3)4,24-15-8-7-9-16-24)26-18-12-13-21-29-26/h7-21H,5-6,22H2,1-4H3/b20-19+/t32-/m1/s1. The van der Waals surface area contributed by atoms with Crippen molar-refractivity contribution < 1.29 is 9.53 Å². The molecule has 0 radical (unpaired) electrons. The van der Waals surface area contributed by atoms with Crippen LogP contribution in [-0.4, -0.2) is 25.6 Å². The van der Waals surface area contributed by atoms with Crippen molar-refractivity contribution in [1.82, 2.24) is 4.98 Å². The van der Waals surface area contributed by atoms with Gasteiger partial charge < -0.3 is 4.74 Å². The Kier molecular flexibility index (Phi) is 7.81. The highest BCUT2D eigenvalue weighted by Crippen LogP contribution is 2.36. The van der Waals surface area contributed by atoms with E-state index in [-0.39, 0.29) is 11.0 Å². The molecule has 3 rings (SSSR count). The first kappa shape index (κ1) is 23.7. The minimum Gasteiger partial charge on any atom is -0.463 e. The number of hydrogen-bond acceptors (Lipinski definition) is 3. The van der Waals surface area contributed by atoms with Crippen LogP contribution in [0.2, 0.25) is 5.04 Å². The van der Waals surface area contributed by atoms with Crippen LogP contribution in [0.15, 0.2) is 85.1 Å². The van der Waals surface area contributed by atoms with E-state index in [0.29, 0.717) is 6.61 Å². The number of nitrogens with zero attached hydrogens (tertiary/aromatic N) is 1. The molecule has 0 amide bonds. The number of ether oxygens (including phenoxy) is 1. The van der Waals surface area contributed by atoms with Crippen LogP contribution in [0.1, 0.15) is 46.1 Å². The molecule has 166 valence electrons. The van der Waals surface area contributed by atoms with E-state index in [4.69, 9.17) is 9.72 Å². The molecule has 0 spiro atoms. The van der Waals surface area contributed by atoms with Crippen LogP contribution in [0, 0.1) is 0 Å². The molecule has 0 fully saturated rings. The van der Waals surface area contributed by atoms with E-state index in [1.54, 1.807) is 6.08 Å². The van der Waals surface area contributed by atoms with Gasteiger partial charge in [-0.3, -0.25) is 4.98 Å². The maximum absolute atomic E-state index is 12.3. The Hall–Kier alpha value is -2.98. The van der Waals surface area contributed by atoms with Gasteiger partial charge in [-0.15, -0.1) is 0 Å². The van der Waals surface area contributed by atoms with Gasteiger partial charge in [-0.25, -0.2) is 4.79 Å². The van der Waals surface area contributed by atoms with Crippen LogP contribution in [-0.2, 0) is 9.53 Å². The molecule has 3 nitrogen and oxygen atoms in total. The van der Waals surface area contributed by atoms with E-state index in [1.807, 2.05) is 24.4 Å². The zero-order valence-corrected chi connectivity index (χ0v) is 20.5. The van der Waals surface area contributed by atoms with E-state index >= 15 is 0 Å². The molecular weight excluding hydrogens is 410 g/mol. The first-order chi connectivity index (χ1) is 15.4. The third kappa shape index (κ3) is 4.91. The van der Waals surface area contributed by atoms with Gasteiger partial charge in [0, 0.05) is 17.6 Å². The van der Waals surface area contributed by atoms with Crippen LogP contribution in [0.5, 0.6) is 0 Å². The van der Waals surface area contributed by atoms with Gasteiger partial charge in [0.25, 0.3) is 0 Å². The fourth-order valence-electron chi connectivity index (χ4n) is 4.44. The van der Waals surface area contributed by atoms with E-state index < -0.39 is 8.07 Å². The number of carbonyl (C=O) groups is 1. The molecule has 0 bridgehead atoms. The summed E-state index contributed by atoms with van der Waals surface area (Å²) in [4.78, 5) is 17.2. The second kappa shape index (κ2) is 10.6. The van der Waals surface area contributed by atoms with Crippen molar-refractivity contribution in [3.63, 3.8) is 0 Å². The molecule has 1 aromatic heterocycles. The number of hydrogen-bond donors (Lipinski definition) is 0. The van der Waals surface area contributed by atoms with Gasteiger partial charge in [-0.05, 0) is 45.6 Å². The number of unbranched alkanes of at least 4 members (excludes halogenated alkanes) is 1. The Morgan fingerprint density at radius 2 is 1.66 bits per heavy atom. The van der Waals surface area contributed by atoms with Crippen molar-refractivity contribution in [2.75, 3.05) is 6.61 Å². The quantitative estimate of drug-likeness (QED) is 0.219. The topological polar surface area (TPSA) is 39.2 Å². The minimum atomic E-state index is -2.59. The van der Waals surface area contributed by atoms with E-state index in [9.17, 15) is 4.79 Å². The summed E-state index contributed by atoms with van der Waals surface area (Å²) in [5, 5.41) is 3.59. The largest absolute Gasteiger partial charge is 0.463 e. The molecule has 3 aromatic rings. The molecule has 0 saturated carbocycles. The lowest BCUT2D eigenvalue weighted by atomic mass is 10.2. The van der Waals surface area contributed by atoms with Gasteiger partial charge in [0.1, 0.15) is 0 Å². The third-order valence-corrected chi connectivity index (χ3v) is 11.7. The average Bonchev–Trinajstić information content (AvgIpc) is 2.80. The smallest absolute Gasteiger partial charge is 0.330 e. The summed E-state index contributed by atoms with van der Waals surface area (Å²) in [6, 6.07) is 25.3. The monoisotopic (exact) mass is 443 g/mol. The van der Waals surface area contributed by atoms with E-state index in [1.165, 1.54) is 10.4 Å². The number of esters is 1. The highest BCUT2D eigenvalue weighted by Gasteiger charge is 2.51. The Balaban J connectivity index is 2.21. The lowest BCUT2D eigenvalue weighted by Crippen LogP contribution is -2.73. The fourth-order valence-corrected chi connectivity index (χ4v) is 10.0. The summed E-state index contributed by atoms with van der Waals surface area (Å²) in [6.45, 7) is 9.46. The average molecular weight is 444 g/mol. The first-order valence-electron chi connectivity index (χ1n) is 11.3. The summed E-state index contributed by atoms with van der Waals surface area (Å²) < 4.78 is 5.34. The molecule has 0 aliphatic carbocycles. The van der Waals surface area contributed by atoms with Gasteiger partial charge >= 0.3 is 5.97 Å². The predicted octanol–water partition coefficient (Wildman–Crippen LogP) is 4.71. The summed E-state index contributed by atoms with van der Waals surface area (Å²) in [7, 11) is -2.59. The number of benzene rings is 2. The molecule has 2 aromatic carbocycles. The van der Waals surface area contributed by atoms with Crippen molar-refractivity contribution in [3.05, 3.63) is 90.6 Å². The zero-order valence-electron chi connectivity index (χ0n) is 19.5. The molecule has 4 heteroatoms. The highest BCUT2D eigenvalue weighted by molar-refractivity contribution is 7.13. The minimum absolute atomic E-state index is 0.0751. The van der Waals surface area contributed by atoms with E-state index in [0.717, 1.165) is 23.7 Å². The Bertz CT molecular complexity index is 1000. The summed E-state index contributed by atoms with van der Waals surface area (Å²) in [5.41, 5.74) is 1.04. The van der Waals surface area contributed by atoms with Crippen LogP contribution in [0.25, 0.3) is 6.08 Å². The molecule has 32 heavy (non-hydrogen) atoms. The summed E-state index contributed by atoms with van der Waals surface area (Å²) >= 11 is 0. The van der Waals surface area contributed by atoms with Crippen molar-refractivity contribution in [1.29, 1.82) is 0 Å². The van der Waals surface area contributed by atoms with Gasteiger partial charge in [-0.2, -0.15) is 0 Å². The second-order valence-electron chi connectivity index (χ2n) is 9.02. The first-order valence-corrected chi connectivity index (χ1v) is 13.3. The summed E-state index contributed by atoms with van der Waals surface area (Å²) in [5.74, 6) is -0.297. The predicted molar refractivity (Wildman–Crippen MR) is 136 cm³/mol. The van der Waals surface area contributed by atoms with Crippen LogP contribution in [0.4, 0.5) is 0 Å². The number of carbonyl (C=O) groups excluding carboxylic acids is 1. The van der Waals surface area contributed by atoms with Crippen LogP contribution >= 0.6 is 0 Å². The maximum Gasteiger partial charge on any atom is 0.330 e. The van der Waals surface area contributed by atoms with Crippen molar-refractivity contribution in [2.24, 2.45) is 0 Å². The van der Waals surface area contributed by atoms with Gasteiger partial charge in [0.15, 0.2) is 8.07 Å². The number of aromatic nitrogens is 1. The van der Waals surface area contributed by atoms with Gasteiger partial charge in [0.2, 0.25) is 0 Å². The van der Waals surface area contributed by atoms with Crippen molar-refractivity contribution >= 4 is 35.8 Å². The third-order valence-electron chi connectivity index (χ3n) is 5.89. The lowest BCUT2D eigenvalue weighted by molar-refractivity contribution is -0.137. The van der Waals surface area contributed by atoms with E-state index in [2.05, 4.69) is 88.4 Å². The van der Waals surface area contributed by atoms with Gasteiger partial charge in [-0.1, -0.05) is 94.8 Å². The molecule has 1 heterocycles. The second-order valence-corrected chi connectivity index (χ2v) is 13.7. The lowest BCUT2D eigenvalue weighted by Gasteiger charge is -2.44. The maximum atomic E-state index is 12.3. The fraction of sp³-hybridized carbons (Fsp3) is 0.286.